The predicted molar refractivity (Wildman–Crippen MR) is 122 cm³/mol. The van der Waals surface area contributed by atoms with Gasteiger partial charge >= 0.3 is 0 Å². The highest BCUT2D eigenvalue weighted by atomic mass is 19.3. The molecule has 0 radical (unpaired) electrons. The highest BCUT2D eigenvalue weighted by molar-refractivity contribution is 5.68. The smallest absolute Gasteiger partial charge is 0.251 e. The number of halogens is 3. The molecule has 1 N–H and O–H groups in total. The van der Waals surface area contributed by atoms with Crippen molar-refractivity contribution in [3.05, 3.63) is 81.9 Å². The van der Waals surface area contributed by atoms with E-state index < -0.39 is 6.43 Å². The van der Waals surface area contributed by atoms with E-state index in [-0.39, 0.29) is 12.4 Å². The molecule has 0 atom stereocenters. The van der Waals surface area contributed by atoms with Gasteiger partial charge in [-0.3, -0.25) is 10.00 Å². The summed E-state index contributed by atoms with van der Waals surface area (Å²) in [5.41, 5.74) is 5.37. The summed E-state index contributed by atoms with van der Waals surface area (Å²) in [6, 6.07) is 11.0. The van der Waals surface area contributed by atoms with Crippen molar-refractivity contribution in [2.75, 3.05) is 18.1 Å². The van der Waals surface area contributed by atoms with Crippen LogP contribution in [0.25, 0.3) is 17.3 Å². The first kappa shape index (κ1) is 21.5. The monoisotopic (exact) mass is 451 g/mol. The fourth-order valence-electron chi connectivity index (χ4n) is 4.53. The average Bonchev–Trinajstić information content (AvgIpc) is 3.20. The van der Waals surface area contributed by atoms with Crippen molar-refractivity contribution in [2.24, 2.45) is 5.10 Å². The van der Waals surface area contributed by atoms with Crippen molar-refractivity contribution in [3.8, 4) is 11.3 Å². The fraction of sp³-hybridized carbons (Fsp3) is 0.280. The van der Waals surface area contributed by atoms with Crippen LogP contribution < -0.4 is 15.7 Å². The van der Waals surface area contributed by atoms with Gasteiger partial charge in [-0.2, -0.15) is 10.2 Å². The van der Waals surface area contributed by atoms with Gasteiger partial charge in [-0.25, -0.2) is 18.2 Å². The standard InChI is InChI=1S/C25H24F3N5/c1-3-16-5-4-6-20(26)25(16)33-15(2)11-21-24(31-33)23(30-29-21)18-8-7-17-9-10-32(14-22(27)28)13-19(17)12-18/h4-8,11-12,22,29H,2-3,9-10,13-14H2,1H3. The summed E-state index contributed by atoms with van der Waals surface area (Å²) in [6.45, 7) is 6.89. The highest BCUT2D eigenvalue weighted by Crippen LogP contribution is 2.30. The first-order chi connectivity index (χ1) is 15.9. The van der Waals surface area contributed by atoms with Crippen LogP contribution in [0.3, 0.4) is 0 Å². The minimum atomic E-state index is -2.35. The van der Waals surface area contributed by atoms with Crippen LogP contribution in [-0.2, 0) is 19.4 Å². The minimum absolute atomic E-state index is 0.231. The van der Waals surface area contributed by atoms with Gasteiger partial charge in [-0.05, 0) is 47.7 Å². The Morgan fingerprint density at radius 1 is 1.18 bits per heavy atom. The predicted octanol–water partition coefficient (Wildman–Crippen LogP) is 3.75. The molecule has 1 aromatic heterocycles. The zero-order valence-electron chi connectivity index (χ0n) is 18.3. The fourth-order valence-corrected chi connectivity index (χ4v) is 4.53. The molecule has 0 fully saturated rings. The van der Waals surface area contributed by atoms with Gasteiger partial charge in [-0.1, -0.05) is 37.8 Å². The molecule has 170 valence electrons. The molecular formula is C25H24F3N5. The number of H-pyrrole nitrogens is 1. The number of para-hydroxylation sites is 1. The highest BCUT2D eigenvalue weighted by Gasteiger charge is 2.23. The topological polar surface area (TPSA) is 47.5 Å². The van der Waals surface area contributed by atoms with Gasteiger partial charge in [0.05, 0.1) is 17.6 Å². The molecule has 5 rings (SSSR count). The zero-order chi connectivity index (χ0) is 23.1. The number of aromatic nitrogens is 2. The second-order valence-corrected chi connectivity index (χ2v) is 8.34. The maximum absolute atomic E-state index is 14.8. The number of alkyl halides is 2. The SMILES string of the molecule is C=C1C=c2[nH]nc(-c3ccc4c(c3)CN(CC(F)F)CC4)c2=NN1c1c(F)cccc1CC. The zero-order valence-corrected chi connectivity index (χ0v) is 18.3. The Balaban J connectivity index is 1.57. The van der Waals surface area contributed by atoms with Crippen molar-refractivity contribution in [3.63, 3.8) is 0 Å². The van der Waals surface area contributed by atoms with Gasteiger partial charge in [0.1, 0.15) is 22.6 Å². The molecule has 5 nitrogen and oxygen atoms in total. The average molecular weight is 451 g/mol. The molecule has 0 amide bonds. The summed E-state index contributed by atoms with van der Waals surface area (Å²) < 4.78 is 40.5. The number of hydrogen-bond acceptors (Lipinski definition) is 4. The maximum Gasteiger partial charge on any atom is 0.251 e. The molecule has 0 saturated carbocycles. The quantitative estimate of drug-likeness (QED) is 0.643. The summed E-state index contributed by atoms with van der Waals surface area (Å²) in [4.78, 5) is 1.77. The first-order valence-electron chi connectivity index (χ1n) is 11.0. The van der Waals surface area contributed by atoms with Crippen LogP contribution in [-0.4, -0.2) is 34.6 Å². The lowest BCUT2D eigenvalue weighted by molar-refractivity contribution is 0.0821. The van der Waals surface area contributed by atoms with Crippen LogP contribution >= 0.6 is 0 Å². The van der Waals surface area contributed by atoms with Gasteiger partial charge in [-0.15, -0.1) is 0 Å². The van der Waals surface area contributed by atoms with Crippen LogP contribution in [0, 0.1) is 5.82 Å². The van der Waals surface area contributed by atoms with Crippen LogP contribution in [0.2, 0.25) is 0 Å². The molecule has 0 unspecified atom stereocenters. The summed E-state index contributed by atoms with van der Waals surface area (Å²) >= 11 is 0. The van der Waals surface area contributed by atoms with E-state index in [9.17, 15) is 13.2 Å². The van der Waals surface area contributed by atoms with Gasteiger partial charge in [0.15, 0.2) is 0 Å². The first-order valence-corrected chi connectivity index (χ1v) is 11.0. The Bertz CT molecular complexity index is 1340. The van der Waals surface area contributed by atoms with Crippen LogP contribution in [0.4, 0.5) is 18.9 Å². The number of rotatable bonds is 5. The molecular weight excluding hydrogens is 427 g/mol. The van der Waals surface area contributed by atoms with E-state index in [1.807, 2.05) is 31.2 Å². The molecule has 0 aliphatic carbocycles. The lowest BCUT2D eigenvalue weighted by atomic mass is 9.96. The number of fused-ring (bicyclic) bond motifs is 2. The molecule has 2 aliphatic heterocycles. The Labute approximate surface area is 189 Å². The van der Waals surface area contributed by atoms with E-state index in [4.69, 9.17) is 5.10 Å². The summed E-state index contributed by atoms with van der Waals surface area (Å²) in [6.07, 6.45) is 0.831. The van der Waals surface area contributed by atoms with Crippen LogP contribution in [0.1, 0.15) is 23.6 Å². The van der Waals surface area contributed by atoms with Gasteiger partial charge in [0, 0.05) is 18.7 Å². The Morgan fingerprint density at radius 3 is 2.82 bits per heavy atom. The Kier molecular flexibility index (Phi) is 5.54. The van der Waals surface area contributed by atoms with E-state index in [1.54, 1.807) is 17.0 Å². The molecule has 2 aromatic carbocycles. The number of hydrogen-bond donors (Lipinski definition) is 1. The van der Waals surface area contributed by atoms with Crippen molar-refractivity contribution < 1.29 is 13.2 Å². The van der Waals surface area contributed by atoms with Gasteiger partial charge < -0.3 is 0 Å². The van der Waals surface area contributed by atoms with Gasteiger partial charge in [0.2, 0.25) is 0 Å². The number of nitrogens with one attached hydrogen (secondary N) is 1. The van der Waals surface area contributed by atoms with E-state index in [1.165, 1.54) is 11.1 Å². The van der Waals surface area contributed by atoms with E-state index in [0.29, 0.717) is 47.3 Å². The number of aryl methyl sites for hydroxylation is 1. The summed E-state index contributed by atoms with van der Waals surface area (Å²) in [5.74, 6) is -0.367. The Morgan fingerprint density at radius 2 is 2.03 bits per heavy atom. The number of benzene rings is 2. The third-order valence-corrected chi connectivity index (χ3v) is 6.18. The lowest BCUT2D eigenvalue weighted by Crippen LogP contribution is -2.35. The van der Waals surface area contributed by atoms with E-state index in [2.05, 4.69) is 16.8 Å². The molecule has 0 spiro atoms. The molecule has 3 aromatic rings. The summed E-state index contributed by atoms with van der Waals surface area (Å²) in [5, 5.41) is 15.0. The second-order valence-electron chi connectivity index (χ2n) is 8.34. The third-order valence-electron chi connectivity index (χ3n) is 6.18. The Hall–Kier alpha value is -3.39. The summed E-state index contributed by atoms with van der Waals surface area (Å²) in [7, 11) is 0. The molecule has 0 bridgehead atoms. The minimum Gasteiger partial charge on any atom is -0.293 e. The van der Waals surface area contributed by atoms with Crippen molar-refractivity contribution in [1.82, 2.24) is 15.1 Å². The molecule has 3 heterocycles. The third kappa shape index (κ3) is 3.95. The molecule has 0 saturated heterocycles. The molecule has 33 heavy (non-hydrogen) atoms. The van der Waals surface area contributed by atoms with E-state index in [0.717, 1.165) is 28.7 Å². The van der Waals surface area contributed by atoms with Crippen molar-refractivity contribution in [1.29, 1.82) is 0 Å². The lowest BCUT2D eigenvalue weighted by Gasteiger charge is -2.28. The van der Waals surface area contributed by atoms with Gasteiger partial charge in [0.25, 0.3) is 6.43 Å². The molecule has 8 heteroatoms. The normalized spacial score (nSPS) is 15.8. The number of anilines is 1. The molecule has 2 aliphatic rings. The van der Waals surface area contributed by atoms with Crippen LogP contribution in [0.15, 0.2) is 53.8 Å². The van der Waals surface area contributed by atoms with E-state index >= 15 is 0 Å². The number of aromatic amines is 1. The second kappa shape index (κ2) is 8.51. The van der Waals surface area contributed by atoms with Crippen molar-refractivity contribution >= 4 is 11.8 Å². The largest absolute Gasteiger partial charge is 0.293 e. The maximum atomic E-state index is 14.8. The number of allylic oxidation sites excluding steroid dienone is 1. The van der Waals surface area contributed by atoms with Crippen LogP contribution in [0.5, 0.6) is 0 Å². The van der Waals surface area contributed by atoms with Crippen molar-refractivity contribution in [2.45, 2.75) is 32.7 Å². The number of nitrogens with zero attached hydrogens (tertiary/aromatic N) is 4.